The Morgan fingerprint density at radius 1 is 1.29 bits per heavy atom. The summed E-state index contributed by atoms with van der Waals surface area (Å²) >= 11 is 15.1. The highest BCUT2D eigenvalue weighted by Crippen LogP contribution is 2.24. The maximum Gasteiger partial charge on any atom is 0.208 e. The van der Waals surface area contributed by atoms with Gasteiger partial charge in [-0.25, -0.2) is 4.98 Å². The van der Waals surface area contributed by atoms with E-state index in [4.69, 9.17) is 23.2 Å². The Hall–Kier alpha value is -0.510. The van der Waals surface area contributed by atoms with Gasteiger partial charge in [-0.1, -0.05) is 17.7 Å². The van der Waals surface area contributed by atoms with E-state index in [1.807, 2.05) is 24.3 Å². The minimum atomic E-state index is 0.402. The van der Waals surface area contributed by atoms with Crippen LogP contribution in [0.15, 0.2) is 35.1 Å². The molecule has 0 amide bonds. The zero-order valence-corrected chi connectivity index (χ0v) is 10.0. The first kappa shape index (κ1) is 10.0. The highest BCUT2D eigenvalue weighted by atomic mass is 79.9. The number of nitrogens with zero attached hydrogens (tertiary/aromatic N) is 2. The molecule has 0 spiro atoms. The molecule has 5 heteroatoms. The van der Waals surface area contributed by atoms with Gasteiger partial charge < -0.3 is 0 Å². The number of aromatic nitrogens is 2. The summed E-state index contributed by atoms with van der Waals surface area (Å²) in [5.74, 6) is 0. The van der Waals surface area contributed by atoms with Gasteiger partial charge in [0.25, 0.3) is 0 Å². The van der Waals surface area contributed by atoms with Gasteiger partial charge in [-0.15, -0.1) is 0 Å². The lowest BCUT2D eigenvalue weighted by Crippen LogP contribution is -1.93. The predicted molar refractivity (Wildman–Crippen MR) is 61.3 cm³/mol. The maximum atomic E-state index is 5.91. The minimum absolute atomic E-state index is 0.402. The molecular weight excluding hydrogens is 287 g/mol. The Labute approximate surface area is 99.6 Å². The van der Waals surface area contributed by atoms with E-state index in [1.54, 1.807) is 10.8 Å². The normalized spacial score (nSPS) is 10.5. The van der Waals surface area contributed by atoms with Crippen LogP contribution in [0.5, 0.6) is 0 Å². The van der Waals surface area contributed by atoms with E-state index in [0.717, 1.165) is 10.3 Å². The van der Waals surface area contributed by atoms with Crippen LogP contribution < -0.4 is 0 Å². The Morgan fingerprint density at radius 3 is 2.64 bits per heavy atom. The van der Waals surface area contributed by atoms with Gasteiger partial charge in [0.05, 0.1) is 11.9 Å². The van der Waals surface area contributed by atoms with E-state index in [2.05, 4.69) is 20.9 Å². The summed E-state index contributed by atoms with van der Waals surface area (Å²) in [5.41, 5.74) is 0.881. The third-order valence-electron chi connectivity index (χ3n) is 1.74. The molecule has 0 aliphatic heterocycles. The van der Waals surface area contributed by atoms with Crippen molar-refractivity contribution in [2.24, 2.45) is 0 Å². The fraction of sp³-hybridized carbons (Fsp3) is 0. The summed E-state index contributed by atoms with van der Waals surface area (Å²) in [7, 11) is 0. The van der Waals surface area contributed by atoms with Crippen LogP contribution in [-0.2, 0) is 0 Å². The van der Waals surface area contributed by atoms with E-state index in [1.165, 1.54) is 0 Å². The predicted octanol–water partition coefficient (Wildman–Crippen LogP) is 3.94. The van der Waals surface area contributed by atoms with Crippen molar-refractivity contribution >= 4 is 39.1 Å². The molecule has 2 aromatic rings. The summed E-state index contributed by atoms with van der Waals surface area (Å²) in [6.07, 6.45) is 1.64. The zero-order chi connectivity index (χ0) is 10.1. The molecule has 2 nitrogen and oxygen atoms in total. The monoisotopic (exact) mass is 290 g/mol. The van der Waals surface area contributed by atoms with E-state index in [9.17, 15) is 0 Å². The fourth-order valence-electron chi connectivity index (χ4n) is 1.16. The van der Waals surface area contributed by atoms with Crippen LogP contribution in [-0.4, -0.2) is 9.55 Å². The first-order chi connectivity index (χ1) is 6.68. The molecular formula is C9H5BrCl2N2. The number of benzene rings is 1. The third kappa shape index (κ3) is 1.80. The number of rotatable bonds is 1. The molecule has 72 valence electrons. The molecule has 0 unspecified atom stereocenters. The molecule has 2 rings (SSSR count). The van der Waals surface area contributed by atoms with E-state index in [0.29, 0.717) is 10.3 Å². The molecule has 0 saturated carbocycles. The molecule has 0 atom stereocenters. The summed E-state index contributed by atoms with van der Waals surface area (Å²) in [4.78, 5) is 3.96. The number of halogens is 3. The summed E-state index contributed by atoms with van der Waals surface area (Å²) < 4.78 is 2.55. The second-order valence-electron chi connectivity index (χ2n) is 2.67. The second kappa shape index (κ2) is 3.93. The quantitative estimate of drug-likeness (QED) is 0.778. The van der Waals surface area contributed by atoms with Crippen LogP contribution in [0.25, 0.3) is 5.69 Å². The van der Waals surface area contributed by atoms with Crippen molar-refractivity contribution in [2.45, 2.75) is 0 Å². The van der Waals surface area contributed by atoms with Crippen LogP contribution in [0.1, 0.15) is 0 Å². The lowest BCUT2D eigenvalue weighted by atomic mass is 10.3. The van der Waals surface area contributed by atoms with E-state index < -0.39 is 0 Å². The molecule has 0 aliphatic carbocycles. The van der Waals surface area contributed by atoms with Gasteiger partial charge in [-0.2, -0.15) is 0 Å². The molecule has 0 saturated heterocycles. The minimum Gasteiger partial charge on any atom is -0.277 e. The van der Waals surface area contributed by atoms with Crippen molar-refractivity contribution in [1.29, 1.82) is 0 Å². The van der Waals surface area contributed by atoms with Gasteiger partial charge in [0.2, 0.25) is 5.28 Å². The topological polar surface area (TPSA) is 17.8 Å². The average Bonchev–Trinajstić information content (AvgIpc) is 2.46. The average molecular weight is 292 g/mol. The van der Waals surface area contributed by atoms with Gasteiger partial charge >= 0.3 is 0 Å². The second-order valence-corrected chi connectivity index (χ2v) is 4.25. The van der Waals surface area contributed by atoms with Gasteiger partial charge in [-0.3, -0.25) is 4.57 Å². The molecule has 0 radical (unpaired) electrons. The molecule has 14 heavy (non-hydrogen) atoms. The van der Waals surface area contributed by atoms with Crippen molar-refractivity contribution in [2.75, 3.05) is 0 Å². The summed E-state index contributed by atoms with van der Waals surface area (Å²) in [5, 5.41) is 1.07. The number of hydrogen-bond donors (Lipinski definition) is 0. The van der Waals surface area contributed by atoms with Gasteiger partial charge in [-0.05, 0) is 45.7 Å². The van der Waals surface area contributed by atoms with E-state index in [-0.39, 0.29) is 0 Å². The lowest BCUT2D eigenvalue weighted by Gasteiger charge is -2.05. The number of imidazole rings is 1. The maximum absolute atomic E-state index is 5.91. The highest BCUT2D eigenvalue weighted by Gasteiger charge is 2.07. The van der Waals surface area contributed by atoms with Crippen molar-refractivity contribution in [1.82, 2.24) is 9.55 Å². The Kier molecular flexibility index (Phi) is 2.81. The fourth-order valence-corrected chi connectivity index (χ4v) is 2.15. The molecule has 0 aliphatic rings. The van der Waals surface area contributed by atoms with Crippen molar-refractivity contribution < 1.29 is 0 Å². The molecule has 0 bridgehead atoms. The smallest absolute Gasteiger partial charge is 0.208 e. The van der Waals surface area contributed by atoms with Gasteiger partial charge in [0.15, 0.2) is 0 Å². The summed E-state index contributed by atoms with van der Waals surface area (Å²) in [6.45, 7) is 0. The first-order valence-corrected chi connectivity index (χ1v) is 5.38. The van der Waals surface area contributed by atoms with Gasteiger partial charge in [0, 0.05) is 5.02 Å². The Bertz CT molecular complexity index is 448. The Morgan fingerprint density at radius 2 is 2.07 bits per heavy atom. The lowest BCUT2D eigenvalue weighted by molar-refractivity contribution is 1.03. The zero-order valence-electron chi connectivity index (χ0n) is 6.92. The molecule has 0 fully saturated rings. The third-order valence-corrected chi connectivity index (χ3v) is 2.80. The highest BCUT2D eigenvalue weighted by molar-refractivity contribution is 9.10. The molecule has 0 N–H and O–H groups in total. The van der Waals surface area contributed by atoms with Crippen molar-refractivity contribution in [3.63, 3.8) is 0 Å². The van der Waals surface area contributed by atoms with Crippen LogP contribution in [0.2, 0.25) is 10.3 Å². The largest absolute Gasteiger partial charge is 0.277 e. The van der Waals surface area contributed by atoms with E-state index >= 15 is 0 Å². The number of hydrogen-bond acceptors (Lipinski definition) is 1. The van der Waals surface area contributed by atoms with Crippen molar-refractivity contribution in [3.05, 3.63) is 45.4 Å². The SMILES string of the molecule is Clc1cccc(-n2c(Br)cnc2Cl)c1. The van der Waals surface area contributed by atoms with Crippen molar-refractivity contribution in [3.8, 4) is 5.69 Å². The first-order valence-electron chi connectivity index (χ1n) is 3.83. The van der Waals surface area contributed by atoms with Crippen LogP contribution >= 0.6 is 39.1 Å². The molecule has 1 aromatic heterocycles. The summed E-state index contributed by atoms with van der Waals surface area (Å²) in [6, 6.07) is 7.40. The van der Waals surface area contributed by atoms with Crippen LogP contribution in [0.4, 0.5) is 0 Å². The van der Waals surface area contributed by atoms with Gasteiger partial charge in [0.1, 0.15) is 4.60 Å². The Balaban J connectivity index is 2.59. The molecule has 1 heterocycles. The standard InChI is InChI=1S/C9H5BrCl2N2/c10-8-5-13-9(12)14(8)7-3-1-2-6(11)4-7/h1-5H. The van der Waals surface area contributed by atoms with Crippen LogP contribution in [0.3, 0.4) is 0 Å². The molecule has 1 aromatic carbocycles. The van der Waals surface area contributed by atoms with Crippen LogP contribution in [0, 0.1) is 0 Å².